The summed E-state index contributed by atoms with van der Waals surface area (Å²) < 4.78 is 12.4. The molecule has 5 atom stereocenters. The van der Waals surface area contributed by atoms with E-state index in [4.69, 9.17) is 9.47 Å². The van der Waals surface area contributed by atoms with Crippen LogP contribution in [-0.4, -0.2) is 51.0 Å². The lowest BCUT2D eigenvalue weighted by Gasteiger charge is -2.33. The molecule has 38 heavy (non-hydrogen) atoms. The average Bonchev–Trinajstić information content (AvgIpc) is 3.61. The Hall–Kier alpha value is -4.26. The number of aromatic amines is 1. The minimum absolute atomic E-state index is 0.197. The van der Waals surface area contributed by atoms with Crippen molar-refractivity contribution in [3.63, 3.8) is 0 Å². The third-order valence-corrected chi connectivity index (χ3v) is 8.58. The maximum atomic E-state index is 14.0. The lowest BCUT2D eigenvalue weighted by molar-refractivity contribution is -0.134. The summed E-state index contributed by atoms with van der Waals surface area (Å²) in [5.41, 5.74) is -0.476. The summed E-state index contributed by atoms with van der Waals surface area (Å²) in [6, 6.07) is 20.3. The number of hydrogen-bond acceptors (Lipinski definition) is 7. The summed E-state index contributed by atoms with van der Waals surface area (Å²) >= 11 is 0. The Morgan fingerprint density at radius 3 is 2.58 bits per heavy atom. The van der Waals surface area contributed by atoms with E-state index in [0.29, 0.717) is 34.3 Å². The predicted octanol–water partition coefficient (Wildman–Crippen LogP) is 3.45. The van der Waals surface area contributed by atoms with E-state index in [1.165, 1.54) is 4.90 Å². The molecule has 4 heterocycles. The molecule has 190 valence electrons. The summed E-state index contributed by atoms with van der Waals surface area (Å²) in [7, 11) is 0. The van der Waals surface area contributed by atoms with Gasteiger partial charge in [0.25, 0.3) is 0 Å². The highest BCUT2D eigenvalue weighted by molar-refractivity contribution is 6.26. The van der Waals surface area contributed by atoms with Gasteiger partial charge in [-0.15, -0.1) is 5.10 Å². The van der Waals surface area contributed by atoms with E-state index in [1.54, 1.807) is 31.2 Å². The van der Waals surface area contributed by atoms with E-state index in [2.05, 4.69) is 16.3 Å². The fraction of sp³-hybridized carbons (Fsp3) is 0.310. The standard InChI is InChI=1S/C29H24N4O5/c1-28-22(34)14-29(38-28,12-13-37-25-19-8-4-5-9-20(19)31-32-25)24-23(28)26(35)33(27(24)36)21-11-10-16(15-30)17-6-2-3-7-18(17)21/h2-11,22-24,34H,12-14H2,1H3,(H,31,32). The number of anilines is 1. The SMILES string of the molecule is CC12OC(CCOc3n[nH]c4ccccc34)(CC1O)C1C(=O)N(c3ccc(C#N)c4ccccc34)C(=O)C12. The molecule has 2 N–H and O–H groups in total. The van der Waals surface area contributed by atoms with Crippen molar-refractivity contribution in [2.75, 3.05) is 11.5 Å². The van der Waals surface area contributed by atoms with Crippen LogP contribution in [0.25, 0.3) is 21.7 Å². The first-order valence-corrected chi connectivity index (χ1v) is 12.6. The zero-order valence-corrected chi connectivity index (χ0v) is 20.5. The second-order valence-corrected chi connectivity index (χ2v) is 10.5. The topological polar surface area (TPSA) is 129 Å². The van der Waals surface area contributed by atoms with E-state index >= 15 is 0 Å². The number of aliphatic hydroxyl groups is 1. The predicted molar refractivity (Wildman–Crippen MR) is 137 cm³/mol. The van der Waals surface area contributed by atoms with Crippen LogP contribution in [0.4, 0.5) is 5.69 Å². The molecule has 3 aromatic carbocycles. The highest BCUT2D eigenvalue weighted by Crippen LogP contribution is 2.62. The number of nitrogens with one attached hydrogen (secondary N) is 1. The summed E-state index contributed by atoms with van der Waals surface area (Å²) in [5, 5.41) is 29.9. The van der Waals surface area contributed by atoms with Gasteiger partial charge in [-0.1, -0.05) is 36.4 Å². The lowest BCUT2D eigenvalue weighted by atomic mass is 9.66. The number of nitriles is 1. The number of rotatable bonds is 5. The van der Waals surface area contributed by atoms with Gasteiger partial charge in [-0.05, 0) is 31.2 Å². The van der Waals surface area contributed by atoms with Gasteiger partial charge in [-0.2, -0.15) is 5.26 Å². The number of para-hydroxylation sites is 1. The fourth-order valence-electron chi connectivity index (χ4n) is 6.81. The third kappa shape index (κ3) is 2.90. The minimum atomic E-state index is -1.19. The number of nitrogens with zero attached hydrogens (tertiary/aromatic N) is 3. The van der Waals surface area contributed by atoms with Crippen molar-refractivity contribution in [2.24, 2.45) is 11.8 Å². The van der Waals surface area contributed by atoms with Crippen molar-refractivity contribution in [2.45, 2.75) is 37.1 Å². The number of carbonyl (C=O) groups is 2. The van der Waals surface area contributed by atoms with Crippen LogP contribution in [0, 0.1) is 23.2 Å². The maximum Gasteiger partial charge on any atom is 0.240 e. The normalized spacial score (nSPS) is 29.8. The third-order valence-electron chi connectivity index (χ3n) is 8.58. The molecular weight excluding hydrogens is 484 g/mol. The molecule has 2 bridgehead atoms. The van der Waals surface area contributed by atoms with E-state index in [1.807, 2.05) is 36.4 Å². The van der Waals surface area contributed by atoms with Crippen molar-refractivity contribution in [1.29, 1.82) is 5.26 Å². The van der Waals surface area contributed by atoms with Crippen LogP contribution < -0.4 is 9.64 Å². The number of aliphatic hydroxyl groups excluding tert-OH is 1. The van der Waals surface area contributed by atoms with Crippen LogP contribution in [0.2, 0.25) is 0 Å². The first kappa shape index (κ1) is 22.9. The van der Waals surface area contributed by atoms with Gasteiger partial charge in [0.2, 0.25) is 17.7 Å². The Balaban J connectivity index is 1.23. The molecule has 1 aromatic heterocycles. The molecular formula is C29H24N4O5. The summed E-state index contributed by atoms with van der Waals surface area (Å²) in [4.78, 5) is 29.1. The van der Waals surface area contributed by atoms with Gasteiger partial charge in [0.05, 0.1) is 58.4 Å². The highest BCUT2D eigenvalue weighted by atomic mass is 16.6. The van der Waals surface area contributed by atoms with Crippen molar-refractivity contribution < 1.29 is 24.2 Å². The Kier molecular flexibility index (Phi) is 4.74. The molecule has 9 heteroatoms. The molecule has 2 amide bonds. The maximum absolute atomic E-state index is 14.0. The summed E-state index contributed by atoms with van der Waals surface area (Å²) in [6.07, 6.45) is -0.358. The van der Waals surface area contributed by atoms with Gasteiger partial charge >= 0.3 is 0 Å². The van der Waals surface area contributed by atoms with E-state index in [-0.39, 0.29) is 18.9 Å². The number of carbonyl (C=O) groups excluding carboxylic acids is 2. The van der Waals surface area contributed by atoms with Gasteiger partial charge in [-0.3, -0.25) is 14.7 Å². The number of H-pyrrole nitrogens is 1. The Morgan fingerprint density at radius 2 is 1.79 bits per heavy atom. The summed E-state index contributed by atoms with van der Waals surface area (Å²) in [5.74, 6) is -1.86. The number of ether oxygens (including phenoxy) is 2. The Morgan fingerprint density at radius 1 is 1.08 bits per heavy atom. The van der Waals surface area contributed by atoms with E-state index < -0.39 is 35.0 Å². The minimum Gasteiger partial charge on any atom is -0.476 e. The van der Waals surface area contributed by atoms with E-state index in [0.717, 1.165) is 10.9 Å². The van der Waals surface area contributed by atoms with Crippen LogP contribution >= 0.6 is 0 Å². The molecule has 3 aliphatic heterocycles. The first-order chi connectivity index (χ1) is 18.4. The fourth-order valence-corrected chi connectivity index (χ4v) is 6.81. The molecule has 3 aliphatic rings. The number of aromatic nitrogens is 2. The van der Waals surface area contributed by atoms with Crippen molar-refractivity contribution >= 4 is 39.2 Å². The smallest absolute Gasteiger partial charge is 0.240 e. The molecule has 0 saturated carbocycles. The van der Waals surface area contributed by atoms with Crippen molar-refractivity contribution in [1.82, 2.24) is 10.2 Å². The quantitative estimate of drug-likeness (QED) is 0.395. The Bertz CT molecular complexity index is 1690. The molecule has 9 nitrogen and oxygen atoms in total. The number of fused-ring (bicyclic) bond motifs is 7. The van der Waals surface area contributed by atoms with Gasteiger partial charge in [0, 0.05) is 23.6 Å². The second-order valence-electron chi connectivity index (χ2n) is 10.5. The van der Waals surface area contributed by atoms with Crippen LogP contribution in [0.1, 0.15) is 25.3 Å². The number of imide groups is 1. The van der Waals surface area contributed by atoms with Crippen LogP contribution in [0.5, 0.6) is 5.88 Å². The van der Waals surface area contributed by atoms with Crippen LogP contribution in [0.3, 0.4) is 0 Å². The molecule has 7 rings (SSSR count). The van der Waals surface area contributed by atoms with Gasteiger partial charge in [0.15, 0.2) is 0 Å². The Labute approximate surface area is 217 Å². The monoisotopic (exact) mass is 508 g/mol. The van der Waals surface area contributed by atoms with Crippen LogP contribution in [-0.2, 0) is 14.3 Å². The molecule has 3 saturated heterocycles. The average molecular weight is 509 g/mol. The number of amides is 2. The highest BCUT2D eigenvalue weighted by Gasteiger charge is 2.77. The van der Waals surface area contributed by atoms with Gasteiger partial charge in [0.1, 0.15) is 5.60 Å². The van der Waals surface area contributed by atoms with Crippen molar-refractivity contribution in [3.8, 4) is 11.9 Å². The number of benzene rings is 3. The first-order valence-electron chi connectivity index (χ1n) is 12.6. The largest absolute Gasteiger partial charge is 0.476 e. The number of hydrogen-bond donors (Lipinski definition) is 2. The lowest BCUT2D eigenvalue weighted by Crippen LogP contribution is -2.49. The molecule has 3 fully saturated rings. The zero-order chi connectivity index (χ0) is 26.2. The second kappa shape index (κ2) is 7.87. The molecule has 0 aliphatic carbocycles. The van der Waals surface area contributed by atoms with Gasteiger partial charge in [-0.25, -0.2) is 4.90 Å². The molecule has 0 spiro atoms. The molecule has 0 radical (unpaired) electrons. The zero-order valence-electron chi connectivity index (χ0n) is 20.5. The van der Waals surface area contributed by atoms with Crippen LogP contribution in [0.15, 0.2) is 60.7 Å². The molecule has 4 aromatic rings. The molecule has 5 unspecified atom stereocenters. The van der Waals surface area contributed by atoms with E-state index in [9.17, 15) is 20.0 Å². The van der Waals surface area contributed by atoms with Crippen molar-refractivity contribution in [3.05, 3.63) is 66.2 Å². The van der Waals surface area contributed by atoms with Gasteiger partial charge < -0.3 is 14.6 Å². The summed E-state index contributed by atoms with van der Waals surface area (Å²) in [6.45, 7) is 1.92.